The lowest BCUT2D eigenvalue weighted by atomic mass is 10.1. The molecule has 1 saturated heterocycles. The number of aromatic nitrogens is 1. The van der Waals surface area contributed by atoms with E-state index in [0.29, 0.717) is 11.7 Å². The van der Waals surface area contributed by atoms with E-state index in [0.717, 1.165) is 37.0 Å². The largest absolute Gasteiger partial charge is 0.423 e. The van der Waals surface area contributed by atoms with E-state index in [2.05, 4.69) is 9.88 Å². The molecule has 3 N–H and O–H groups in total. The molecule has 3 rings (SSSR count). The molecule has 90 valence electrons. The van der Waals surface area contributed by atoms with Gasteiger partial charge in [-0.25, -0.2) is 0 Å². The topological polar surface area (TPSA) is 75.5 Å². The molecule has 1 aliphatic rings. The molecule has 0 unspecified atom stereocenters. The number of anilines is 2. The second-order valence-electron chi connectivity index (χ2n) is 4.44. The highest BCUT2D eigenvalue weighted by atomic mass is 16.4. The molecule has 2 aromatic rings. The van der Waals surface area contributed by atoms with Gasteiger partial charge in [-0.15, -0.1) is 0 Å². The Morgan fingerprint density at radius 3 is 2.88 bits per heavy atom. The van der Waals surface area contributed by atoms with E-state index in [-0.39, 0.29) is 6.10 Å². The van der Waals surface area contributed by atoms with Crippen LogP contribution in [0.25, 0.3) is 11.1 Å². The summed E-state index contributed by atoms with van der Waals surface area (Å²) in [7, 11) is 0. The molecule has 0 amide bonds. The summed E-state index contributed by atoms with van der Waals surface area (Å²) in [6, 6.07) is 6.07. The average molecular weight is 233 g/mol. The molecule has 1 fully saturated rings. The minimum Gasteiger partial charge on any atom is -0.423 e. The number of aliphatic hydroxyl groups is 1. The van der Waals surface area contributed by atoms with E-state index >= 15 is 0 Å². The van der Waals surface area contributed by atoms with Crippen LogP contribution in [0.3, 0.4) is 0 Å². The lowest BCUT2D eigenvalue weighted by molar-refractivity contribution is 0.144. The van der Waals surface area contributed by atoms with E-state index < -0.39 is 0 Å². The van der Waals surface area contributed by atoms with Gasteiger partial charge < -0.3 is 20.2 Å². The zero-order chi connectivity index (χ0) is 11.8. The van der Waals surface area contributed by atoms with Crippen LogP contribution in [0.4, 0.5) is 11.7 Å². The number of hydrogen-bond donors (Lipinski definition) is 2. The van der Waals surface area contributed by atoms with Crippen molar-refractivity contribution in [2.45, 2.75) is 18.9 Å². The van der Waals surface area contributed by atoms with Crippen LogP contribution >= 0.6 is 0 Å². The highest BCUT2D eigenvalue weighted by Crippen LogP contribution is 2.25. The molecule has 5 heteroatoms. The van der Waals surface area contributed by atoms with Crippen LogP contribution in [-0.4, -0.2) is 29.3 Å². The first-order valence-electron chi connectivity index (χ1n) is 5.81. The summed E-state index contributed by atoms with van der Waals surface area (Å²) in [5.74, 6) is 0. The van der Waals surface area contributed by atoms with Gasteiger partial charge in [-0.2, -0.15) is 4.98 Å². The first kappa shape index (κ1) is 10.4. The van der Waals surface area contributed by atoms with Crippen molar-refractivity contribution in [3.05, 3.63) is 18.2 Å². The fraction of sp³-hybridized carbons (Fsp3) is 0.417. The molecule has 1 aromatic carbocycles. The van der Waals surface area contributed by atoms with Crippen LogP contribution in [0.15, 0.2) is 22.6 Å². The predicted molar refractivity (Wildman–Crippen MR) is 65.9 cm³/mol. The molecule has 17 heavy (non-hydrogen) atoms. The third kappa shape index (κ3) is 1.93. The number of piperidine rings is 1. The van der Waals surface area contributed by atoms with Gasteiger partial charge in [0.25, 0.3) is 6.01 Å². The van der Waals surface area contributed by atoms with Crippen LogP contribution in [0.1, 0.15) is 12.8 Å². The Hall–Kier alpha value is -1.75. The van der Waals surface area contributed by atoms with Crippen molar-refractivity contribution in [2.24, 2.45) is 0 Å². The van der Waals surface area contributed by atoms with Gasteiger partial charge in [0.1, 0.15) is 5.52 Å². The van der Waals surface area contributed by atoms with Gasteiger partial charge in [0, 0.05) is 18.8 Å². The standard InChI is InChI=1S/C12H15N3O2/c13-8-1-2-11-10(7-8)14-12(17-11)15-5-3-9(16)4-6-15/h1-2,7,9,16H,3-6,13H2. The molecule has 1 aromatic heterocycles. The predicted octanol–water partition coefficient (Wildman–Crippen LogP) is 1.37. The van der Waals surface area contributed by atoms with Crippen molar-refractivity contribution in [3.8, 4) is 0 Å². The van der Waals surface area contributed by atoms with E-state index in [1.54, 1.807) is 12.1 Å². The Morgan fingerprint density at radius 2 is 2.12 bits per heavy atom. The molecule has 2 heterocycles. The van der Waals surface area contributed by atoms with Crippen molar-refractivity contribution >= 4 is 22.8 Å². The Morgan fingerprint density at radius 1 is 1.35 bits per heavy atom. The highest BCUT2D eigenvalue weighted by Gasteiger charge is 2.21. The van der Waals surface area contributed by atoms with Gasteiger partial charge in [-0.05, 0) is 31.0 Å². The smallest absolute Gasteiger partial charge is 0.298 e. The van der Waals surface area contributed by atoms with Gasteiger partial charge in [-0.3, -0.25) is 0 Å². The Bertz CT molecular complexity index is 530. The van der Waals surface area contributed by atoms with Gasteiger partial charge in [0.15, 0.2) is 5.58 Å². The maximum absolute atomic E-state index is 9.46. The van der Waals surface area contributed by atoms with Gasteiger partial charge in [0.2, 0.25) is 0 Å². The quantitative estimate of drug-likeness (QED) is 0.727. The number of nitrogens with two attached hydrogens (primary N) is 1. The normalized spacial score (nSPS) is 17.8. The molecule has 0 radical (unpaired) electrons. The third-order valence-corrected chi connectivity index (χ3v) is 3.14. The SMILES string of the molecule is Nc1ccc2oc(N3CCC(O)CC3)nc2c1. The molecule has 0 bridgehead atoms. The van der Waals surface area contributed by atoms with E-state index in [1.165, 1.54) is 0 Å². The summed E-state index contributed by atoms with van der Waals surface area (Å²) in [6.45, 7) is 1.56. The number of oxazole rings is 1. The monoisotopic (exact) mass is 233 g/mol. The molecular weight excluding hydrogens is 218 g/mol. The van der Waals surface area contributed by atoms with Crippen LogP contribution in [0, 0.1) is 0 Å². The summed E-state index contributed by atoms with van der Waals surface area (Å²) in [4.78, 5) is 6.48. The summed E-state index contributed by atoms with van der Waals surface area (Å²) in [5.41, 5.74) is 7.92. The lowest BCUT2D eigenvalue weighted by Crippen LogP contribution is -2.35. The highest BCUT2D eigenvalue weighted by molar-refractivity contribution is 5.78. The number of hydrogen-bond acceptors (Lipinski definition) is 5. The Balaban J connectivity index is 1.90. The first-order valence-corrected chi connectivity index (χ1v) is 5.81. The molecule has 1 aliphatic heterocycles. The summed E-state index contributed by atoms with van der Waals surface area (Å²) >= 11 is 0. The average Bonchev–Trinajstić information content (AvgIpc) is 2.72. The van der Waals surface area contributed by atoms with Crippen molar-refractivity contribution < 1.29 is 9.52 Å². The number of aliphatic hydroxyl groups excluding tert-OH is 1. The lowest BCUT2D eigenvalue weighted by Gasteiger charge is -2.27. The third-order valence-electron chi connectivity index (χ3n) is 3.14. The summed E-state index contributed by atoms with van der Waals surface area (Å²) in [6.07, 6.45) is 1.34. The van der Waals surface area contributed by atoms with Crippen molar-refractivity contribution in [1.82, 2.24) is 4.98 Å². The van der Waals surface area contributed by atoms with E-state index in [1.807, 2.05) is 6.07 Å². The summed E-state index contributed by atoms with van der Waals surface area (Å²) in [5, 5.41) is 9.46. The van der Waals surface area contributed by atoms with E-state index in [4.69, 9.17) is 10.2 Å². The van der Waals surface area contributed by atoms with Crippen molar-refractivity contribution in [2.75, 3.05) is 23.7 Å². The molecule has 0 aliphatic carbocycles. The van der Waals surface area contributed by atoms with Crippen LogP contribution in [-0.2, 0) is 0 Å². The first-order chi connectivity index (χ1) is 8.22. The van der Waals surface area contributed by atoms with Crippen molar-refractivity contribution in [3.63, 3.8) is 0 Å². The minimum atomic E-state index is -0.189. The Kier molecular flexibility index (Phi) is 2.40. The molecular formula is C12H15N3O2. The number of benzene rings is 1. The zero-order valence-corrected chi connectivity index (χ0v) is 9.47. The molecule has 0 saturated carbocycles. The van der Waals surface area contributed by atoms with Crippen molar-refractivity contribution in [1.29, 1.82) is 0 Å². The molecule has 0 spiro atoms. The second-order valence-corrected chi connectivity index (χ2v) is 4.44. The zero-order valence-electron chi connectivity index (χ0n) is 9.47. The van der Waals surface area contributed by atoms with Gasteiger partial charge in [-0.1, -0.05) is 0 Å². The molecule has 5 nitrogen and oxygen atoms in total. The van der Waals surface area contributed by atoms with E-state index in [9.17, 15) is 5.11 Å². The number of rotatable bonds is 1. The number of fused-ring (bicyclic) bond motifs is 1. The van der Waals surface area contributed by atoms with Crippen LogP contribution in [0.2, 0.25) is 0 Å². The fourth-order valence-corrected chi connectivity index (χ4v) is 2.12. The maximum atomic E-state index is 9.46. The summed E-state index contributed by atoms with van der Waals surface area (Å²) < 4.78 is 5.68. The van der Waals surface area contributed by atoms with Crippen LogP contribution < -0.4 is 10.6 Å². The number of nitrogens with zero attached hydrogens (tertiary/aromatic N) is 2. The van der Waals surface area contributed by atoms with Crippen LogP contribution in [0.5, 0.6) is 0 Å². The van der Waals surface area contributed by atoms with Gasteiger partial charge in [0.05, 0.1) is 6.10 Å². The minimum absolute atomic E-state index is 0.189. The number of nitrogen functional groups attached to an aromatic ring is 1. The Labute approximate surface area is 98.8 Å². The van der Waals surface area contributed by atoms with Gasteiger partial charge >= 0.3 is 0 Å². The molecule has 0 atom stereocenters. The maximum Gasteiger partial charge on any atom is 0.298 e. The fourth-order valence-electron chi connectivity index (χ4n) is 2.12. The second kappa shape index (κ2) is 3.92.